The van der Waals surface area contributed by atoms with Gasteiger partial charge in [-0.15, -0.1) is 0 Å². The van der Waals surface area contributed by atoms with Gasteiger partial charge in [0.25, 0.3) is 0 Å². The fraction of sp³-hybridized carbons (Fsp3) is 0. The number of H-pyrrole nitrogens is 1. The molecule has 0 aliphatic rings. The summed E-state index contributed by atoms with van der Waals surface area (Å²) in [5, 5.41) is 0. The van der Waals surface area contributed by atoms with Gasteiger partial charge >= 0.3 is 0 Å². The highest BCUT2D eigenvalue weighted by molar-refractivity contribution is 6.02. The molecule has 2 nitrogen and oxygen atoms in total. The molecule has 184 valence electrons. The highest BCUT2D eigenvalue weighted by Gasteiger charge is 2.17. The van der Waals surface area contributed by atoms with Gasteiger partial charge in [-0.25, -0.2) is 4.98 Å². The van der Waals surface area contributed by atoms with E-state index in [1.807, 2.05) is 6.07 Å². The predicted molar refractivity (Wildman–Crippen MR) is 163 cm³/mol. The Morgan fingerprint density at radius 3 is 1.36 bits per heavy atom. The van der Waals surface area contributed by atoms with Gasteiger partial charge in [0.15, 0.2) is 0 Å². The SMILES string of the molecule is c1ccc(-c2nc3c(-c4ccccc4-c4ccccc4)cc(-c4ccccc4-c4ccccc4)cc3[nH]2)cc1. The maximum absolute atomic E-state index is 5.15. The van der Waals surface area contributed by atoms with E-state index in [0.717, 1.165) is 33.5 Å². The molecular weight excluding hydrogens is 472 g/mol. The Hall–Kier alpha value is -5.21. The Morgan fingerprint density at radius 2 is 0.795 bits per heavy atom. The van der Waals surface area contributed by atoms with Crippen molar-refractivity contribution in [3.05, 3.63) is 152 Å². The van der Waals surface area contributed by atoms with E-state index in [1.165, 1.54) is 33.4 Å². The third-order valence-electron chi connectivity index (χ3n) is 7.26. The first-order valence-corrected chi connectivity index (χ1v) is 13.2. The Labute approximate surface area is 228 Å². The lowest BCUT2D eigenvalue weighted by Crippen LogP contribution is -1.90. The first-order valence-electron chi connectivity index (χ1n) is 13.2. The molecule has 1 N–H and O–H groups in total. The van der Waals surface area contributed by atoms with Crippen LogP contribution in [0.2, 0.25) is 0 Å². The smallest absolute Gasteiger partial charge is 0.138 e. The summed E-state index contributed by atoms with van der Waals surface area (Å²) in [5.74, 6) is 0.873. The van der Waals surface area contributed by atoms with Gasteiger partial charge in [0.2, 0.25) is 0 Å². The van der Waals surface area contributed by atoms with Crippen molar-refractivity contribution in [3.8, 4) is 55.9 Å². The maximum Gasteiger partial charge on any atom is 0.138 e. The van der Waals surface area contributed by atoms with Crippen LogP contribution >= 0.6 is 0 Å². The van der Waals surface area contributed by atoms with Crippen LogP contribution in [0.25, 0.3) is 66.9 Å². The number of nitrogens with one attached hydrogen (secondary N) is 1. The van der Waals surface area contributed by atoms with Crippen LogP contribution in [0.3, 0.4) is 0 Å². The predicted octanol–water partition coefficient (Wildman–Crippen LogP) is 9.90. The minimum absolute atomic E-state index is 0.873. The second-order valence-corrected chi connectivity index (χ2v) is 9.69. The molecular formula is C37H26N2. The van der Waals surface area contributed by atoms with Crippen molar-refractivity contribution in [3.63, 3.8) is 0 Å². The number of hydrogen-bond acceptors (Lipinski definition) is 1. The molecule has 1 aromatic heterocycles. The van der Waals surface area contributed by atoms with Gasteiger partial charge in [-0.3, -0.25) is 0 Å². The van der Waals surface area contributed by atoms with Crippen molar-refractivity contribution >= 4 is 11.0 Å². The second-order valence-electron chi connectivity index (χ2n) is 9.69. The van der Waals surface area contributed by atoms with E-state index < -0.39 is 0 Å². The lowest BCUT2D eigenvalue weighted by Gasteiger charge is -2.15. The maximum atomic E-state index is 5.15. The summed E-state index contributed by atoms with van der Waals surface area (Å²) in [5.41, 5.74) is 12.5. The first-order chi connectivity index (χ1) is 19.3. The minimum atomic E-state index is 0.873. The third-order valence-corrected chi connectivity index (χ3v) is 7.26. The molecule has 2 heteroatoms. The molecule has 0 spiro atoms. The number of imidazole rings is 1. The van der Waals surface area contributed by atoms with Gasteiger partial charge in [-0.2, -0.15) is 0 Å². The molecule has 1 heterocycles. The second kappa shape index (κ2) is 9.92. The van der Waals surface area contributed by atoms with Crippen LogP contribution in [0, 0.1) is 0 Å². The summed E-state index contributed by atoms with van der Waals surface area (Å²) in [6.45, 7) is 0. The van der Waals surface area contributed by atoms with Gasteiger partial charge in [-0.05, 0) is 51.1 Å². The topological polar surface area (TPSA) is 28.7 Å². The van der Waals surface area contributed by atoms with E-state index in [-0.39, 0.29) is 0 Å². The molecule has 39 heavy (non-hydrogen) atoms. The van der Waals surface area contributed by atoms with Gasteiger partial charge in [0, 0.05) is 11.1 Å². The average Bonchev–Trinajstić information content (AvgIpc) is 3.46. The Balaban J connectivity index is 1.51. The Bertz CT molecular complexity index is 1890. The number of aromatic nitrogens is 2. The van der Waals surface area contributed by atoms with Crippen LogP contribution in [-0.2, 0) is 0 Å². The summed E-state index contributed by atoms with van der Waals surface area (Å²) in [6, 6.07) is 53.3. The lowest BCUT2D eigenvalue weighted by molar-refractivity contribution is 1.34. The third kappa shape index (κ3) is 4.32. The standard InChI is InChI=1S/C37H26N2/c1-4-14-26(15-5-1)30-20-10-11-22-32(30)29-24-34(33-23-13-12-21-31(33)27-16-6-2-7-17-27)36-35(25-29)38-37(39-36)28-18-8-3-9-19-28/h1-25H,(H,38,39). The zero-order valence-electron chi connectivity index (χ0n) is 21.4. The summed E-state index contributed by atoms with van der Waals surface area (Å²) in [7, 11) is 0. The van der Waals surface area contributed by atoms with E-state index in [1.54, 1.807) is 0 Å². The van der Waals surface area contributed by atoms with Crippen LogP contribution in [0.4, 0.5) is 0 Å². The number of rotatable bonds is 5. The Kier molecular flexibility index (Phi) is 5.84. The first kappa shape index (κ1) is 22.9. The highest BCUT2D eigenvalue weighted by Crippen LogP contribution is 2.41. The molecule has 0 aliphatic heterocycles. The van der Waals surface area contributed by atoms with Crippen LogP contribution < -0.4 is 0 Å². The van der Waals surface area contributed by atoms with Crippen molar-refractivity contribution in [2.45, 2.75) is 0 Å². The van der Waals surface area contributed by atoms with Crippen molar-refractivity contribution in [1.82, 2.24) is 9.97 Å². The highest BCUT2D eigenvalue weighted by atomic mass is 14.9. The molecule has 0 atom stereocenters. The fourth-order valence-electron chi connectivity index (χ4n) is 5.40. The monoisotopic (exact) mass is 498 g/mol. The van der Waals surface area contributed by atoms with Crippen LogP contribution in [0.15, 0.2) is 152 Å². The zero-order chi connectivity index (χ0) is 26.0. The number of hydrogen-bond donors (Lipinski definition) is 1. The normalized spacial score (nSPS) is 11.1. The summed E-state index contributed by atoms with van der Waals surface area (Å²) < 4.78 is 0. The average molecular weight is 499 g/mol. The van der Waals surface area contributed by atoms with E-state index in [2.05, 4.69) is 151 Å². The van der Waals surface area contributed by atoms with Gasteiger partial charge in [0.05, 0.1) is 11.0 Å². The molecule has 7 aromatic rings. The van der Waals surface area contributed by atoms with Gasteiger partial charge < -0.3 is 4.98 Å². The van der Waals surface area contributed by atoms with Crippen molar-refractivity contribution in [1.29, 1.82) is 0 Å². The zero-order valence-corrected chi connectivity index (χ0v) is 21.4. The molecule has 0 saturated heterocycles. The summed E-state index contributed by atoms with van der Waals surface area (Å²) in [6.07, 6.45) is 0. The molecule has 0 unspecified atom stereocenters. The van der Waals surface area contributed by atoms with Crippen LogP contribution in [0.1, 0.15) is 0 Å². The van der Waals surface area contributed by atoms with E-state index in [0.29, 0.717) is 0 Å². The number of fused-ring (bicyclic) bond motifs is 1. The van der Waals surface area contributed by atoms with Crippen molar-refractivity contribution < 1.29 is 0 Å². The number of nitrogens with zero attached hydrogens (tertiary/aromatic N) is 1. The molecule has 0 saturated carbocycles. The van der Waals surface area contributed by atoms with Gasteiger partial charge in [0.1, 0.15) is 5.82 Å². The molecule has 0 fully saturated rings. The largest absolute Gasteiger partial charge is 0.338 e. The lowest BCUT2D eigenvalue weighted by atomic mass is 9.89. The fourth-order valence-corrected chi connectivity index (χ4v) is 5.40. The Morgan fingerprint density at radius 1 is 0.359 bits per heavy atom. The molecule has 0 bridgehead atoms. The summed E-state index contributed by atoms with van der Waals surface area (Å²) >= 11 is 0. The van der Waals surface area contributed by atoms with Crippen molar-refractivity contribution in [2.24, 2.45) is 0 Å². The van der Waals surface area contributed by atoms with Crippen molar-refractivity contribution in [2.75, 3.05) is 0 Å². The molecule has 0 aliphatic carbocycles. The molecule has 7 rings (SSSR count). The van der Waals surface area contributed by atoms with E-state index in [4.69, 9.17) is 4.98 Å². The van der Waals surface area contributed by atoms with Gasteiger partial charge in [-0.1, -0.05) is 140 Å². The van der Waals surface area contributed by atoms with Crippen LogP contribution in [-0.4, -0.2) is 9.97 Å². The molecule has 0 radical (unpaired) electrons. The minimum Gasteiger partial charge on any atom is -0.338 e. The number of aromatic amines is 1. The quantitative estimate of drug-likeness (QED) is 0.251. The van der Waals surface area contributed by atoms with E-state index >= 15 is 0 Å². The number of benzene rings is 6. The molecule has 0 amide bonds. The molecule has 6 aromatic carbocycles. The van der Waals surface area contributed by atoms with E-state index in [9.17, 15) is 0 Å². The summed E-state index contributed by atoms with van der Waals surface area (Å²) in [4.78, 5) is 8.79. The van der Waals surface area contributed by atoms with Crippen LogP contribution in [0.5, 0.6) is 0 Å².